The predicted molar refractivity (Wildman–Crippen MR) is 144 cm³/mol. The van der Waals surface area contributed by atoms with Crippen LogP contribution < -0.4 is 14.8 Å². The molecule has 0 aliphatic rings. The summed E-state index contributed by atoms with van der Waals surface area (Å²) in [6.07, 6.45) is 1.30. The number of rotatable bonds is 8. The monoisotopic (exact) mass is 587 g/mol. The molecule has 12 heteroatoms. The zero-order valence-electron chi connectivity index (χ0n) is 20.2. The minimum atomic E-state index is -4.13. The van der Waals surface area contributed by atoms with Crippen molar-refractivity contribution in [3.63, 3.8) is 0 Å². The Balaban J connectivity index is 1.45. The molecule has 0 fully saturated rings. The molecule has 0 bridgehead atoms. The molecule has 0 radical (unpaired) electrons. The van der Waals surface area contributed by atoms with E-state index in [2.05, 4.69) is 10.3 Å². The number of amides is 2. The molecule has 1 heterocycles. The number of nitrogens with one attached hydrogen (secondary N) is 2. The van der Waals surface area contributed by atoms with Crippen LogP contribution in [0, 0.1) is 5.82 Å². The normalized spacial score (nSPS) is 11.9. The quantitative estimate of drug-likeness (QED) is 0.264. The topological polar surface area (TPSA) is 114 Å². The van der Waals surface area contributed by atoms with Crippen molar-refractivity contribution >= 4 is 45.0 Å². The molecule has 0 unspecified atom stereocenters. The number of sulfonamides is 1. The molecule has 0 saturated carbocycles. The van der Waals surface area contributed by atoms with Crippen molar-refractivity contribution in [1.82, 2.24) is 15.0 Å². The fraction of sp³-hybridized carbons (Fsp3) is 0.0741. The summed E-state index contributed by atoms with van der Waals surface area (Å²) in [5.74, 6) is -1.82. The second-order valence-electron chi connectivity index (χ2n) is 8.27. The molecule has 0 saturated heterocycles. The molecule has 1 aromatic heterocycles. The molecule has 3 aromatic carbocycles. The van der Waals surface area contributed by atoms with Gasteiger partial charge in [0.15, 0.2) is 0 Å². The molecule has 2 amide bonds. The largest absolute Gasteiger partial charge is 0.438 e. The van der Waals surface area contributed by atoms with Gasteiger partial charge in [-0.05, 0) is 61.0 Å². The zero-order chi connectivity index (χ0) is 28.2. The van der Waals surface area contributed by atoms with Crippen molar-refractivity contribution in [1.29, 1.82) is 0 Å². The third-order valence-corrected chi connectivity index (χ3v) is 7.20. The van der Waals surface area contributed by atoms with Gasteiger partial charge in [0.25, 0.3) is 21.8 Å². The summed E-state index contributed by atoms with van der Waals surface area (Å²) in [6.45, 7) is 1.71. The first kappa shape index (κ1) is 28.0. The van der Waals surface area contributed by atoms with Crippen molar-refractivity contribution in [2.75, 3.05) is 0 Å². The minimum absolute atomic E-state index is 0.0285. The minimum Gasteiger partial charge on any atom is -0.438 e. The third-order valence-electron chi connectivity index (χ3n) is 5.43. The predicted octanol–water partition coefficient (Wildman–Crippen LogP) is 5.93. The number of carbonyl (C=O) groups excluding carboxylic acids is 2. The van der Waals surface area contributed by atoms with Gasteiger partial charge in [-0.1, -0.05) is 47.5 Å². The van der Waals surface area contributed by atoms with E-state index in [1.807, 2.05) is 4.72 Å². The maximum Gasteiger partial charge on any atom is 0.264 e. The third kappa shape index (κ3) is 7.11. The van der Waals surface area contributed by atoms with Gasteiger partial charge < -0.3 is 10.1 Å². The first-order chi connectivity index (χ1) is 18.5. The van der Waals surface area contributed by atoms with Crippen molar-refractivity contribution in [3.05, 3.63) is 118 Å². The number of benzene rings is 3. The number of carbonyl (C=O) groups is 2. The van der Waals surface area contributed by atoms with Crippen LogP contribution in [0.2, 0.25) is 10.0 Å². The van der Waals surface area contributed by atoms with Crippen LogP contribution >= 0.6 is 23.2 Å². The van der Waals surface area contributed by atoms with Crippen LogP contribution in [0.3, 0.4) is 0 Å². The van der Waals surface area contributed by atoms with E-state index in [4.69, 9.17) is 27.9 Å². The lowest BCUT2D eigenvalue weighted by atomic mass is 10.1. The average molecular weight is 588 g/mol. The summed E-state index contributed by atoms with van der Waals surface area (Å²) in [6, 6.07) is 17.8. The summed E-state index contributed by atoms with van der Waals surface area (Å²) >= 11 is 11.9. The number of pyridine rings is 1. The van der Waals surface area contributed by atoms with Crippen LogP contribution in [0.15, 0.2) is 90.0 Å². The van der Waals surface area contributed by atoms with Crippen LogP contribution in [0.4, 0.5) is 4.39 Å². The van der Waals surface area contributed by atoms with E-state index in [-0.39, 0.29) is 37.7 Å². The first-order valence-electron chi connectivity index (χ1n) is 11.3. The Labute approximate surface area is 233 Å². The van der Waals surface area contributed by atoms with Crippen LogP contribution in [-0.2, 0) is 10.0 Å². The number of hydrogen-bond acceptors (Lipinski definition) is 6. The lowest BCUT2D eigenvalue weighted by Crippen LogP contribution is -2.30. The lowest BCUT2D eigenvalue weighted by Gasteiger charge is -2.16. The van der Waals surface area contributed by atoms with Crippen LogP contribution in [0.25, 0.3) is 0 Å². The van der Waals surface area contributed by atoms with Crippen molar-refractivity contribution < 1.29 is 27.1 Å². The summed E-state index contributed by atoms with van der Waals surface area (Å²) in [5.41, 5.74) is 0.744. The summed E-state index contributed by atoms with van der Waals surface area (Å²) in [7, 11) is -4.13. The maximum absolute atomic E-state index is 13.5. The number of ether oxygens (including phenoxy) is 1. The van der Waals surface area contributed by atoms with E-state index in [1.54, 1.807) is 19.1 Å². The number of nitrogens with zero attached hydrogens (tertiary/aromatic N) is 1. The van der Waals surface area contributed by atoms with Crippen LogP contribution in [0.1, 0.15) is 39.2 Å². The maximum atomic E-state index is 13.5. The molecule has 0 aliphatic heterocycles. The zero-order valence-corrected chi connectivity index (χ0v) is 22.5. The Morgan fingerprint density at radius 2 is 1.64 bits per heavy atom. The van der Waals surface area contributed by atoms with Crippen LogP contribution in [0.5, 0.6) is 11.6 Å². The SMILES string of the molecule is C[C@H](NC(=O)c1cc(Cl)cnc1Oc1cccc(F)c1)c1ccc(C(=O)NS(=O)(=O)c2cccc(Cl)c2)cc1. The molecule has 39 heavy (non-hydrogen) atoms. The smallest absolute Gasteiger partial charge is 0.264 e. The fourth-order valence-corrected chi connectivity index (χ4v) is 4.90. The molecule has 0 spiro atoms. The van der Waals surface area contributed by atoms with E-state index in [0.717, 1.165) is 6.07 Å². The summed E-state index contributed by atoms with van der Waals surface area (Å²) in [5, 5.41) is 3.20. The summed E-state index contributed by atoms with van der Waals surface area (Å²) in [4.78, 5) is 29.5. The molecule has 4 aromatic rings. The first-order valence-corrected chi connectivity index (χ1v) is 13.6. The van der Waals surface area contributed by atoms with Crippen molar-refractivity contribution in [2.45, 2.75) is 17.9 Å². The highest BCUT2D eigenvalue weighted by Gasteiger charge is 2.21. The standard InChI is InChI=1S/C27H20Cl2FN3O5S/c1-16(32-26(35)24-13-20(29)15-31-27(24)38-22-6-3-5-21(30)14-22)17-8-10-18(11-9-17)25(34)33-39(36,37)23-7-2-4-19(28)12-23/h2-16H,1H3,(H,32,35)(H,33,34)/t16-/m0/s1. The van der Waals surface area contributed by atoms with Gasteiger partial charge in [0.2, 0.25) is 5.88 Å². The van der Waals surface area contributed by atoms with Gasteiger partial charge >= 0.3 is 0 Å². The highest BCUT2D eigenvalue weighted by molar-refractivity contribution is 7.90. The Hall–Kier alpha value is -3.99. The van der Waals surface area contributed by atoms with Gasteiger partial charge in [0, 0.05) is 22.8 Å². The summed E-state index contributed by atoms with van der Waals surface area (Å²) < 4.78 is 46.2. The molecule has 4 rings (SSSR count). The van der Waals surface area contributed by atoms with Gasteiger partial charge in [-0.3, -0.25) is 9.59 Å². The van der Waals surface area contributed by atoms with Gasteiger partial charge in [0.05, 0.1) is 16.0 Å². The Morgan fingerprint density at radius 1 is 0.923 bits per heavy atom. The Kier molecular flexibility index (Phi) is 8.49. The average Bonchev–Trinajstić information content (AvgIpc) is 2.89. The van der Waals surface area contributed by atoms with E-state index in [1.165, 1.54) is 66.9 Å². The van der Waals surface area contributed by atoms with Gasteiger partial charge in [-0.2, -0.15) is 0 Å². The van der Waals surface area contributed by atoms with Gasteiger partial charge in [-0.15, -0.1) is 0 Å². The van der Waals surface area contributed by atoms with E-state index in [0.29, 0.717) is 5.56 Å². The molecule has 0 aliphatic carbocycles. The lowest BCUT2D eigenvalue weighted by molar-refractivity contribution is 0.0934. The van der Waals surface area contributed by atoms with Crippen LogP contribution in [-0.4, -0.2) is 25.2 Å². The van der Waals surface area contributed by atoms with Gasteiger partial charge in [-0.25, -0.2) is 22.5 Å². The van der Waals surface area contributed by atoms with Crippen molar-refractivity contribution in [3.8, 4) is 11.6 Å². The van der Waals surface area contributed by atoms with Crippen molar-refractivity contribution in [2.24, 2.45) is 0 Å². The Bertz CT molecular complexity index is 1650. The van der Waals surface area contributed by atoms with E-state index in [9.17, 15) is 22.4 Å². The highest BCUT2D eigenvalue weighted by atomic mass is 35.5. The number of hydrogen-bond donors (Lipinski definition) is 2. The molecular formula is C27H20Cl2FN3O5S. The molecule has 2 N–H and O–H groups in total. The van der Waals surface area contributed by atoms with Gasteiger partial charge in [0.1, 0.15) is 17.1 Å². The van der Waals surface area contributed by atoms with E-state index < -0.39 is 33.7 Å². The molecule has 1 atom stereocenters. The highest BCUT2D eigenvalue weighted by Crippen LogP contribution is 2.27. The second kappa shape index (κ2) is 11.8. The molecule has 8 nitrogen and oxygen atoms in total. The second-order valence-corrected chi connectivity index (χ2v) is 10.8. The van der Waals surface area contributed by atoms with E-state index >= 15 is 0 Å². The number of aromatic nitrogens is 1. The number of halogens is 3. The molecular weight excluding hydrogens is 568 g/mol. The molecule has 200 valence electrons. The Morgan fingerprint density at radius 3 is 2.33 bits per heavy atom. The fourth-order valence-electron chi connectivity index (χ4n) is 3.47.